The fourth-order valence-corrected chi connectivity index (χ4v) is 2.11. The topological polar surface area (TPSA) is 21.3 Å². The van der Waals surface area contributed by atoms with Crippen LogP contribution < -0.4 is 5.32 Å². The van der Waals surface area contributed by atoms with Gasteiger partial charge in [-0.15, -0.1) is 0 Å². The van der Waals surface area contributed by atoms with Gasteiger partial charge in [0.25, 0.3) is 0 Å². The molecule has 2 fully saturated rings. The van der Waals surface area contributed by atoms with E-state index in [9.17, 15) is 0 Å². The van der Waals surface area contributed by atoms with Crippen molar-refractivity contribution in [3.05, 3.63) is 0 Å². The second-order valence-corrected chi connectivity index (χ2v) is 4.21. The molecule has 1 saturated carbocycles. The van der Waals surface area contributed by atoms with Crippen LogP contribution in [0.2, 0.25) is 0 Å². The predicted octanol–water partition coefficient (Wildman–Crippen LogP) is 1.55. The predicted molar refractivity (Wildman–Crippen MR) is 49.2 cm³/mol. The van der Waals surface area contributed by atoms with E-state index in [-0.39, 0.29) is 0 Å². The van der Waals surface area contributed by atoms with Crippen molar-refractivity contribution in [2.24, 2.45) is 5.92 Å². The fourth-order valence-electron chi connectivity index (χ4n) is 2.11. The summed E-state index contributed by atoms with van der Waals surface area (Å²) in [6, 6.07) is 1.35. The summed E-state index contributed by atoms with van der Waals surface area (Å²) in [6.45, 7) is 4.20. The number of ether oxygens (including phenoxy) is 1. The minimum absolute atomic E-state index is 0.639. The maximum absolute atomic E-state index is 5.33. The molecule has 12 heavy (non-hydrogen) atoms. The van der Waals surface area contributed by atoms with Gasteiger partial charge in [-0.05, 0) is 32.1 Å². The monoisotopic (exact) mass is 169 g/mol. The van der Waals surface area contributed by atoms with Gasteiger partial charge in [-0.1, -0.05) is 6.42 Å². The van der Waals surface area contributed by atoms with Gasteiger partial charge in [-0.25, -0.2) is 0 Å². The van der Waals surface area contributed by atoms with Gasteiger partial charge in [0.05, 0.1) is 6.61 Å². The van der Waals surface area contributed by atoms with Crippen molar-refractivity contribution in [3.8, 4) is 0 Å². The molecule has 70 valence electrons. The van der Waals surface area contributed by atoms with Gasteiger partial charge in [-0.3, -0.25) is 0 Å². The maximum Gasteiger partial charge on any atom is 0.0620 e. The molecule has 1 heterocycles. The summed E-state index contributed by atoms with van der Waals surface area (Å²) in [4.78, 5) is 0. The molecular formula is C10H19NO. The van der Waals surface area contributed by atoms with Gasteiger partial charge in [0, 0.05) is 18.7 Å². The van der Waals surface area contributed by atoms with Crippen LogP contribution in [0.4, 0.5) is 0 Å². The molecular weight excluding hydrogens is 150 g/mol. The molecule has 0 amide bonds. The largest absolute Gasteiger partial charge is 0.380 e. The standard InChI is InChI=1S/C10H19NO/c1-8(9-3-2-4-9)11-10-5-6-12-7-10/h8-11H,2-7H2,1H3. The van der Waals surface area contributed by atoms with Crippen molar-refractivity contribution in [3.63, 3.8) is 0 Å². The summed E-state index contributed by atoms with van der Waals surface area (Å²) in [7, 11) is 0. The molecule has 2 nitrogen and oxygen atoms in total. The zero-order valence-corrected chi connectivity index (χ0v) is 7.88. The molecule has 1 aliphatic heterocycles. The van der Waals surface area contributed by atoms with Crippen LogP contribution in [0.25, 0.3) is 0 Å². The first-order valence-corrected chi connectivity index (χ1v) is 5.20. The second-order valence-electron chi connectivity index (χ2n) is 4.21. The average molecular weight is 169 g/mol. The molecule has 0 bridgehead atoms. The van der Waals surface area contributed by atoms with Crippen molar-refractivity contribution < 1.29 is 4.74 Å². The van der Waals surface area contributed by atoms with E-state index in [1.165, 1.54) is 25.7 Å². The molecule has 0 aromatic rings. The molecule has 2 heteroatoms. The van der Waals surface area contributed by atoms with Crippen molar-refractivity contribution in [1.82, 2.24) is 5.32 Å². The van der Waals surface area contributed by atoms with Crippen LogP contribution in [0, 0.1) is 5.92 Å². The van der Waals surface area contributed by atoms with E-state index >= 15 is 0 Å². The minimum Gasteiger partial charge on any atom is -0.380 e. The van der Waals surface area contributed by atoms with E-state index in [1.807, 2.05) is 0 Å². The SMILES string of the molecule is CC(NC1CCOC1)C1CCC1. The molecule has 1 saturated heterocycles. The summed E-state index contributed by atoms with van der Waals surface area (Å²) < 4.78 is 5.33. The second kappa shape index (κ2) is 3.75. The number of hydrogen-bond acceptors (Lipinski definition) is 2. The molecule has 0 radical (unpaired) electrons. The molecule has 2 rings (SSSR count). The maximum atomic E-state index is 5.33. The Labute approximate surface area is 74.7 Å². The van der Waals surface area contributed by atoms with Crippen molar-refractivity contribution in [2.45, 2.75) is 44.7 Å². The number of rotatable bonds is 3. The van der Waals surface area contributed by atoms with Gasteiger partial charge in [0.2, 0.25) is 0 Å². The van der Waals surface area contributed by atoms with E-state index in [2.05, 4.69) is 12.2 Å². The van der Waals surface area contributed by atoms with Crippen LogP contribution in [0.1, 0.15) is 32.6 Å². The Kier molecular flexibility index (Phi) is 2.66. The Morgan fingerprint density at radius 2 is 2.17 bits per heavy atom. The van der Waals surface area contributed by atoms with E-state index < -0.39 is 0 Å². The highest BCUT2D eigenvalue weighted by molar-refractivity contribution is 4.83. The van der Waals surface area contributed by atoms with Gasteiger partial charge < -0.3 is 10.1 Å². The van der Waals surface area contributed by atoms with Gasteiger partial charge in [0.15, 0.2) is 0 Å². The highest BCUT2D eigenvalue weighted by Crippen LogP contribution is 2.29. The van der Waals surface area contributed by atoms with Gasteiger partial charge in [-0.2, -0.15) is 0 Å². The summed E-state index contributed by atoms with van der Waals surface area (Å²) in [5, 5.41) is 3.66. The van der Waals surface area contributed by atoms with Crippen LogP contribution in [-0.4, -0.2) is 25.3 Å². The molecule has 1 N–H and O–H groups in total. The van der Waals surface area contributed by atoms with Crippen molar-refractivity contribution in [2.75, 3.05) is 13.2 Å². The molecule has 1 aliphatic carbocycles. The lowest BCUT2D eigenvalue weighted by Gasteiger charge is -2.33. The van der Waals surface area contributed by atoms with Crippen LogP contribution in [-0.2, 0) is 4.74 Å². The van der Waals surface area contributed by atoms with Crippen molar-refractivity contribution in [1.29, 1.82) is 0 Å². The molecule has 0 aromatic heterocycles. The molecule has 2 aliphatic rings. The smallest absolute Gasteiger partial charge is 0.0620 e. The van der Waals surface area contributed by atoms with E-state index in [1.54, 1.807) is 0 Å². The molecule has 2 atom stereocenters. The van der Waals surface area contributed by atoms with Crippen LogP contribution in [0.3, 0.4) is 0 Å². The Bertz CT molecular complexity index is 139. The van der Waals surface area contributed by atoms with Gasteiger partial charge >= 0.3 is 0 Å². The Morgan fingerprint density at radius 3 is 2.67 bits per heavy atom. The molecule has 2 unspecified atom stereocenters. The van der Waals surface area contributed by atoms with Crippen LogP contribution in [0.5, 0.6) is 0 Å². The van der Waals surface area contributed by atoms with E-state index in [0.29, 0.717) is 12.1 Å². The summed E-state index contributed by atoms with van der Waals surface area (Å²) >= 11 is 0. The third-order valence-corrected chi connectivity index (χ3v) is 3.29. The quantitative estimate of drug-likeness (QED) is 0.692. The van der Waals surface area contributed by atoms with Gasteiger partial charge in [0.1, 0.15) is 0 Å². The minimum atomic E-state index is 0.639. The zero-order chi connectivity index (χ0) is 8.39. The normalized spacial score (nSPS) is 33.2. The van der Waals surface area contributed by atoms with E-state index in [0.717, 1.165) is 19.1 Å². The van der Waals surface area contributed by atoms with Crippen molar-refractivity contribution >= 4 is 0 Å². The lowest BCUT2D eigenvalue weighted by atomic mass is 9.80. The lowest BCUT2D eigenvalue weighted by molar-refractivity contribution is 0.177. The first kappa shape index (κ1) is 8.52. The zero-order valence-electron chi connectivity index (χ0n) is 7.88. The number of nitrogens with one attached hydrogen (secondary N) is 1. The first-order chi connectivity index (χ1) is 5.86. The summed E-state index contributed by atoms with van der Waals surface area (Å²) in [5.74, 6) is 0.950. The fraction of sp³-hybridized carbons (Fsp3) is 1.00. The highest BCUT2D eigenvalue weighted by Gasteiger charge is 2.26. The Morgan fingerprint density at radius 1 is 1.33 bits per heavy atom. The third kappa shape index (κ3) is 1.80. The highest BCUT2D eigenvalue weighted by atomic mass is 16.5. The molecule has 0 spiro atoms. The average Bonchev–Trinajstić information content (AvgIpc) is 2.34. The number of hydrogen-bond donors (Lipinski definition) is 1. The first-order valence-electron chi connectivity index (χ1n) is 5.20. The lowest BCUT2D eigenvalue weighted by Crippen LogP contribution is -2.43. The third-order valence-electron chi connectivity index (χ3n) is 3.29. The summed E-state index contributed by atoms with van der Waals surface area (Å²) in [6.07, 6.45) is 5.51. The van der Waals surface area contributed by atoms with E-state index in [4.69, 9.17) is 4.74 Å². The summed E-state index contributed by atoms with van der Waals surface area (Å²) in [5.41, 5.74) is 0. The van der Waals surface area contributed by atoms with Crippen LogP contribution in [0.15, 0.2) is 0 Å². The molecule has 0 aromatic carbocycles. The Hall–Kier alpha value is -0.0800. The Balaban J connectivity index is 1.69. The van der Waals surface area contributed by atoms with Crippen LogP contribution >= 0.6 is 0 Å².